The Morgan fingerprint density at radius 3 is 2.14 bits per heavy atom. The smallest absolute Gasteiger partial charge is 0.304 e. The maximum absolute atomic E-state index is 13.9. The first kappa shape index (κ1) is 30.6. The van der Waals surface area contributed by atoms with Gasteiger partial charge in [-0.05, 0) is 75.9 Å². The zero-order chi connectivity index (χ0) is 28.1. The van der Waals surface area contributed by atoms with Crippen molar-refractivity contribution in [2.75, 3.05) is 24.9 Å². The minimum atomic E-state index is -4.02. The van der Waals surface area contributed by atoms with Crippen LogP contribution in [0.3, 0.4) is 0 Å². The first-order valence-corrected chi connectivity index (χ1v) is 14.0. The lowest BCUT2D eigenvalue weighted by Gasteiger charge is -2.35. The van der Waals surface area contributed by atoms with E-state index in [1.54, 1.807) is 37.3 Å². The summed E-state index contributed by atoms with van der Waals surface area (Å²) in [5, 5.41) is 3.51. The van der Waals surface area contributed by atoms with Crippen LogP contribution in [-0.2, 0) is 26.3 Å². The van der Waals surface area contributed by atoms with Crippen molar-refractivity contribution in [3.8, 4) is 0 Å². The summed E-state index contributed by atoms with van der Waals surface area (Å²) < 4.78 is 29.0. The van der Waals surface area contributed by atoms with Gasteiger partial charge >= 0.3 is 10.2 Å². The number of halogens is 1. The molecule has 37 heavy (non-hydrogen) atoms. The number of nitrogens with one attached hydrogen (secondary N) is 1. The van der Waals surface area contributed by atoms with Crippen LogP contribution >= 0.6 is 11.6 Å². The van der Waals surface area contributed by atoms with Crippen LogP contribution in [0, 0.1) is 13.8 Å². The van der Waals surface area contributed by atoms with Crippen molar-refractivity contribution in [1.82, 2.24) is 14.5 Å². The number of aryl methyl sites for hydroxylation is 2. The van der Waals surface area contributed by atoms with Crippen LogP contribution in [0.4, 0.5) is 5.69 Å². The molecule has 0 spiro atoms. The molecule has 0 fully saturated rings. The van der Waals surface area contributed by atoms with Gasteiger partial charge in [-0.3, -0.25) is 9.59 Å². The molecule has 2 amide bonds. The molecule has 0 aliphatic rings. The zero-order valence-corrected chi connectivity index (χ0v) is 24.6. The summed E-state index contributed by atoms with van der Waals surface area (Å²) >= 11 is 6.05. The highest BCUT2D eigenvalue weighted by Gasteiger charge is 2.35. The molecule has 0 saturated carbocycles. The number of carbonyl (C=O) groups excluding carboxylic acids is 2. The quantitative estimate of drug-likeness (QED) is 0.478. The van der Waals surface area contributed by atoms with Gasteiger partial charge in [-0.15, -0.1) is 0 Å². The van der Waals surface area contributed by atoms with E-state index in [0.717, 1.165) is 19.7 Å². The lowest BCUT2D eigenvalue weighted by atomic mass is 10.1. The monoisotopic (exact) mass is 550 g/mol. The summed E-state index contributed by atoms with van der Waals surface area (Å²) in [5.74, 6) is -0.789. The molecule has 1 unspecified atom stereocenters. The van der Waals surface area contributed by atoms with Crippen molar-refractivity contribution < 1.29 is 18.0 Å². The second-order valence-electron chi connectivity index (χ2n) is 10.4. The lowest BCUT2D eigenvalue weighted by molar-refractivity contribution is -0.141. The summed E-state index contributed by atoms with van der Waals surface area (Å²) in [4.78, 5) is 28.7. The molecule has 0 bridgehead atoms. The van der Waals surface area contributed by atoms with Gasteiger partial charge in [-0.25, -0.2) is 4.31 Å². The van der Waals surface area contributed by atoms with Crippen LogP contribution < -0.4 is 9.62 Å². The fourth-order valence-corrected chi connectivity index (χ4v) is 5.09. The molecule has 0 aliphatic heterocycles. The molecule has 1 atom stereocenters. The first-order valence-electron chi connectivity index (χ1n) is 12.2. The third-order valence-corrected chi connectivity index (χ3v) is 7.86. The Kier molecular flexibility index (Phi) is 10.2. The van der Waals surface area contributed by atoms with E-state index in [1.165, 1.54) is 19.0 Å². The Bertz CT molecular complexity index is 1210. The van der Waals surface area contributed by atoms with E-state index in [1.807, 2.05) is 46.8 Å². The Morgan fingerprint density at radius 2 is 1.62 bits per heavy atom. The number of hydrogen-bond donors (Lipinski definition) is 1. The molecular formula is C27H39ClN4O4S. The molecule has 8 nitrogen and oxygen atoms in total. The predicted molar refractivity (Wildman–Crippen MR) is 150 cm³/mol. The molecule has 2 aromatic carbocycles. The number of amides is 2. The van der Waals surface area contributed by atoms with Crippen LogP contribution in [0.15, 0.2) is 42.5 Å². The summed E-state index contributed by atoms with van der Waals surface area (Å²) in [5.41, 5.74) is 2.26. The van der Waals surface area contributed by atoms with Gasteiger partial charge in [-0.2, -0.15) is 12.7 Å². The minimum Gasteiger partial charge on any atom is -0.350 e. The van der Waals surface area contributed by atoms with Gasteiger partial charge in [0.15, 0.2) is 0 Å². The molecule has 1 N–H and O–H groups in total. The molecule has 0 heterocycles. The lowest BCUT2D eigenvalue weighted by Crippen LogP contribution is -2.55. The molecule has 10 heteroatoms. The van der Waals surface area contributed by atoms with Crippen molar-refractivity contribution in [2.45, 2.75) is 66.1 Å². The number of rotatable bonds is 10. The molecule has 2 aromatic rings. The van der Waals surface area contributed by atoms with E-state index in [4.69, 9.17) is 11.6 Å². The maximum atomic E-state index is 13.9. The van der Waals surface area contributed by atoms with E-state index < -0.39 is 34.2 Å². The fourth-order valence-electron chi connectivity index (χ4n) is 3.85. The van der Waals surface area contributed by atoms with Crippen LogP contribution in [0.5, 0.6) is 0 Å². The SMILES string of the molecule is CCC(C(=O)NC(C)(C)C)N(Cc1ccc(Cl)cc1)C(=O)CN(c1cc(C)ccc1C)S(=O)(=O)N(C)C. The molecule has 204 valence electrons. The van der Waals surface area contributed by atoms with Crippen molar-refractivity contribution in [3.63, 3.8) is 0 Å². The third-order valence-electron chi connectivity index (χ3n) is 5.80. The Balaban J connectivity index is 2.57. The summed E-state index contributed by atoms with van der Waals surface area (Å²) in [6.07, 6.45) is 0.352. The number of benzene rings is 2. The first-order chi connectivity index (χ1) is 17.1. The van der Waals surface area contributed by atoms with Crippen molar-refractivity contribution in [2.24, 2.45) is 0 Å². The normalized spacial score (nSPS) is 12.8. The van der Waals surface area contributed by atoms with E-state index in [-0.39, 0.29) is 12.5 Å². The number of nitrogens with zero attached hydrogens (tertiary/aromatic N) is 3. The van der Waals surface area contributed by atoms with Gasteiger partial charge in [0, 0.05) is 31.2 Å². The van der Waals surface area contributed by atoms with Crippen molar-refractivity contribution >= 4 is 39.3 Å². The van der Waals surface area contributed by atoms with Gasteiger partial charge in [0.25, 0.3) is 0 Å². The molecule has 2 rings (SSSR count). The van der Waals surface area contributed by atoms with Crippen LogP contribution in [0.1, 0.15) is 50.8 Å². The highest BCUT2D eigenvalue weighted by Crippen LogP contribution is 2.26. The van der Waals surface area contributed by atoms with E-state index >= 15 is 0 Å². The average molecular weight is 551 g/mol. The predicted octanol–water partition coefficient (Wildman–Crippen LogP) is 4.29. The van der Waals surface area contributed by atoms with Crippen molar-refractivity contribution in [3.05, 3.63) is 64.2 Å². The Morgan fingerprint density at radius 1 is 1.03 bits per heavy atom. The molecule has 0 aromatic heterocycles. The molecule has 0 radical (unpaired) electrons. The largest absolute Gasteiger partial charge is 0.350 e. The van der Waals surface area contributed by atoms with Crippen LogP contribution in [0.2, 0.25) is 5.02 Å². The van der Waals surface area contributed by atoms with Crippen LogP contribution in [-0.4, -0.2) is 61.7 Å². The minimum absolute atomic E-state index is 0.120. The molecule has 0 aliphatic carbocycles. The standard InChI is InChI=1S/C27H39ClN4O4S/c1-9-23(26(34)29-27(4,5)6)31(17-21-12-14-22(28)15-13-21)25(33)18-32(37(35,36)30(7)8)24-16-19(2)10-11-20(24)3/h10-16,23H,9,17-18H2,1-8H3,(H,29,34). The average Bonchev–Trinajstić information content (AvgIpc) is 2.78. The third kappa shape index (κ3) is 8.18. The van der Waals surface area contributed by atoms with Gasteiger partial charge in [0.1, 0.15) is 12.6 Å². The number of hydrogen-bond acceptors (Lipinski definition) is 4. The second-order valence-corrected chi connectivity index (χ2v) is 12.9. The topological polar surface area (TPSA) is 90.0 Å². The van der Waals surface area contributed by atoms with Gasteiger partial charge in [0.2, 0.25) is 11.8 Å². The number of anilines is 1. The van der Waals surface area contributed by atoms with E-state index in [2.05, 4.69) is 5.32 Å². The van der Waals surface area contributed by atoms with E-state index in [0.29, 0.717) is 22.7 Å². The van der Waals surface area contributed by atoms with Gasteiger partial charge in [-0.1, -0.05) is 42.8 Å². The fraction of sp³-hybridized carbons (Fsp3) is 0.481. The maximum Gasteiger partial charge on any atom is 0.304 e. The highest BCUT2D eigenvalue weighted by molar-refractivity contribution is 7.90. The molecule has 0 saturated heterocycles. The Labute approximate surface area is 226 Å². The summed E-state index contributed by atoms with van der Waals surface area (Å²) in [6.45, 7) is 10.8. The Hall–Kier alpha value is -2.62. The summed E-state index contributed by atoms with van der Waals surface area (Å²) in [6, 6.07) is 11.7. The van der Waals surface area contributed by atoms with Crippen molar-refractivity contribution in [1.29, 1.82) is 0 Å². The number of carbonyl (C=O) groups is 2. The second kappa shape index (κ2) is 12.3. The van der Waals surface area contributed by atoms with E-state index in [9.17, 15) is 18.0 Å². The van der Waals surface area contributed by atoms with Crippen LogP contribution in [0.25, 0.3) is 0 Å². The highest BCUT2D eigenvalue weighted by atomic mass is 35.5. The van der Waals surface area contributed by atoms with Gasteiger partial charge < -0.3 is 10.2 Å². The summed E-state index contributed by atoms with van der Waals surface area (Å²) in [7, 11) is -1.17. The zero-order valence-electron chi connectivity index (χ0n) is 23.0. The molecular weight excluding hydrogens is 512 g/mol. The van der Waals surface area contributed by atoms with Gasteiger partial charge in [0.05, 0.1) is 5.69 Å².